The van der Waals surface area contributed by atoms with Gasteiger partial charge in [0.05, 0.1) is 9.95 Å². The van der Waals surface area contributed by atoms with E-state index in [1.165, 1.54) is 24.3 Å². The topological polar surface area (TPSA) is 55.2 Å². The van der Waals surface area contributed by atoms with Crippen LogP contribution in [0.25, 0.3) is 0 Å². The number of rotatable bonds is 5. The van der Waals surface area contributed by atoms with Crippen molar-refractivity contribution in [2.75, 3.05) is 0 Å². The number of nitrogens with zero attached hydrogens (tertiary/aromatic N) is 1. The minimum atomic E-state index is -0.482. The number of nitro groups is 1. The molecule has 21 heavy (non-hydrogen) atoms. The van der Waals surface area contributed by atoms with Crippen molar-refractivity contribution in [3.8, 4) is 0 Å². The van der Waals surface area contributed by atoms with Crippen molar-refractivity contribution in [3.05, 3.63) is 74.5 Å². The van der Waals surface area contributed by atoms with Crippen LogP contribution in [0.2, 0.25) is 5.02 Å². The molecular formula is C15H14ClFN2O2. The van der Waals surface area contributed by atoms with E-state index in [9.17, 15) is 14.5 Å². The molecule has 0 radical (unpaired) electrons. The van der Waals surface area contributed by atoms with Gasteiger partial charge in [0.2, 0.25) is 0 Å². The Morgan fingerprint density at radius 3 is 2.52 bits per heavy atom. The maximum absolute atomic E-state index is 12.9. The van der Waals surface area contributed by atoms with E-state index >= 15 is 0 Å². The van der Waals surface area contributed by atoms with Crippen LogP contribution in [0.1, 0.15) is 24.1 Å². The van der Waals surface area contributed by atoms with Crippen LogP contribution >= 0.6 is 11.6 Å². The van der Waals surface area contributed by atoms with Crippen LogP contribution in [-0.4, -0.2) is 4.92 Å². The van der Waals surface area contributed by atoms with Gasteiger partial charge in [-0.3, -0.25) is 10.1 Å². The summed E-state index contributed by atoms with van der Waals surface area (Å²) in [6, 6.07) is 10.6. The molecule has 2 aromatic rings. The maximum atomic E-state index is 12.9. The standard InChI is InChI=1S/C15H14ClFN2O2/c1-10(11-2-5-13(17)6-3-11)18-9-12-4-7-14(19(20)21)8-15(12)16/h2-8,10,18H,9H2,1H3/t10-/m0/s1. The maximum Gasteiger partial charge on any atom is 0.270 e. The van der Waals surface area contributed by atoms with E-state index in [0.717, 1.165) is 11.1 Å². The number of halogens is 2. The average Bonchev–Trinajstić information content (AvgIpc) is 2.46. The zero-order chi connectivity index (χ0) is 15.4. The van der Waals surface area contributed by atoms with Gasteiger partial charge in [0, 0.05) is 24.7 Å². The lowest BCUT2D eigenvalue weighted by Gasteiger charge is -2.15. The van der Waals surface area contributed by atoms with Gasteiger partial charge < -0.3 is 5.32 Å². The lowest BCUT2D eigenvalue weighted by molar-refractivity contribution is -0.384. The Morgan fingerprint density at radius 2 is 1.95 bits per heavy atom. The van der Waals surface area contributed by atoms with Gasteiger partial charge in [-0.2, -0.15) is 0 Å². The minimum absolute atomic E-state index is 0.0110. The molecule has 0 aromatic heterocycles. The molecule has 0 spiro atoms. The van der Waals surface area contributed by atoms with E-state index < -0.39 is 4.92 Å². The van der Waals surface area contributed by atoms with Crippen LogP contribution in [0.15, 0.2) is 42.5 Å². The summed E-state index contributed by atoms with van der Waals surface area (Å²) < 4.78 is 12.9. The fraction of sp³-hybridized carbons (Fsp3) is 0.200. The molecule has 2 rings (SSSR count). The van der Waals surface area contributed by atoms with Crippen LogP contribution in [0.4, 0.5) is 10.1 Å². The molecule has 2 aromatic carbocycles. The third kappa shape index (κ3) is 4.00. The second kappa shape index (κ2) is 6.65. The van der Waals surface area contributed by atoms with Crippen LogP contribution in [0.3, 0.4) is 0 Å². The molecule has 1 N–H and O–H groups in total. The summed E-state index contributed by atoms with van der Waals surface area (Å²) in [6.45, 7) is 2.42. The Kier molecular flexibility index (Phi) is 4.88. The van der Waals surface area contributed by atoms with Gasteiger partial charge in [0.1, 0.15) is 5.82 Å². The average molecular weight is 309 g/mol. The molecule has 0 aliphatic carbocycles. The van der Waals surface area contributed by atoms with Crippen molar-refractivity contribution in [1.82, 2.24) is 5.32 Å². The van der Waals surface area contributed by atoms with Crippen LogP contribution in [0, 0.1) is 15.9 Å². The van der Waals surface area contributed by atoms with Crippen molar-refractivity contribution < 1.29 is 9.31 Å². The number of nitrogens with one attached hydrogen (secondary N) is 1. The highest BCUT2D eigenvalue weighted by Crippen LogP contribution is 2.23. The highest BCUT2D eigenvalue weighted by atomic mass is 35.5. The predicted molar refractivity (Wildman–Crippen MR) is 79.8 cm³/mol. The number of hydrogen-bond acceptors (Lipinski definition) is 3. The van der Waals surface area contributed by atoms with Crippen LogP contribution in [-0.2, 0) is 6.54 Å². The molecule has 0 fully saturated rings. The second-order valence-corrected chi connectivity index (χ2v) is 5.09. The van der Waals surface area contributed by atoms with Crippen LogP contribution < -0.4 is 5.32 Å². The largest absolute Gasteiger partial charge is 0.306 e. The molecule has 0 unspecified atom stereocenters. The van der Waals surface area contributed by atoms with Crippen molar-refractivity contribution in [3.63, 3.8) is 0 Å². The monoisotopic (exact) mass is 308 g/mol. The van der Waals surface area contributed by atoms with Gasteiger partial charge >= 0.3 is 0 Å². The number of non-ortho nitro benzene ring substituents is 1. The summed E-state index contributed by atoms with van der Waals surface area (Å²) in [5.74, 6) is -0.274. The SMILES string of the molecule is C[C@H](NCc1ccc([N+](=O)[O-])cc1Cl)c1ccc(F)cc1. The summed E-state index contributed by atoms with van der Waals surface area (Å²) >= 11 is 6.03. The van der Waals surface area contributed by atoms with E-state index in [1.54, 1.807) is 18.2 Å². The van der Waals surface area contributed by atoms with Crippen LogP contribution in [0.5, 0.6) is 0 Å². The van der Waals surface area contributed by atoms with Crippen molar-refractivity contribution in [1.29, 1.82) is 0 Å². The highest BCUT2D eigenvalue weighted by Gasteiger charge is 2.11. The molecule has 6 heteroatoms. The van der Waals surface area contributed by atoms with Gasteiger partial charge in [-0.25, -0.2) is 4.39 Å². The van der Waals surface area contributed by atoms with E-state index in [4.69, 9.17) is 11.6 Å². The predicted octanol–water partition coefficient (Wildman–Crippen LogP) is 4.24. The fourth-order valence-corrected chi connectivity index (χ4v) is 2.17. The van der Waals surface area contributed by atoms with Gasteiger partial charge in [-0.1, -0.05) is 23.7 Å². The summed E-state index contributed by atoms with van der Waals surface area (Å²) in [6.07, 6.45) is 0. The first kappa shape index (κ1) is 15.4. The molecule has 0 bridgehead atoms. The number of benzene rings is 2. The molecule has 4 nitrogen and oxygen atoms in total. The molecule has 1 atom stereocenters. The third-order valence-corrected chi connectivity index (χ3v) is 3.57. The van der Waals surface area contributed by atoms with E-state index in [0.29, 0.717) is 11.6 Å². The third-order valence-electron chi connectivity index (χ3n) is 3.22. The van der Waals surface area contributed by atoms with Gasteiger partial charge in [0.25, 0.3) is 5.69 Å². The van der Waals surface area contributed by atoms with E-state index in [2.05, 4.69) is 5.32 Å². The quantitative estimate of drug-likeness (QED) is 0.664. The Balaban J connectivity index is 2.02. The van der Waals surface area contributed by atoms with E-state index in [1.807, 2.05) is 6.92 Å². The summed E-state index contributed by atoms with van der Waals surface area (Å²) in [7, 11) is 0. The molecule has 0 aliphatic heterocycles. The highest BCUT2D eigenvalue weighted by molar-refractivity contribution is 6.31. The summed E-state index contributed by atoms with van der Waals surface area (Å²) in [5.41, 5.74) is 1.70. The van der Waals surface area contributed by atoms with Gasteiger partial charge in [-0.15, -0.1) is 0 Å². The molecule has 0 saturated carbocycles. The summed E-state index contributed by atoms with van der Waals surface area (Å²) in [4.78, 5) is 10.2. The second-order valence-electron chi connectivity index (χ2n) is 4.69. The minimum Gasteiger partial charge on any atom is -0.306 e. The lowest BCUT2D eigenvalue weighted by Crippen LogP contribution is -2.18. The Morgan fingerprint density at radius 1 is 1.29 bits per heavy atom. The first-order chi connectivity index (χ1) is 9.97. The number of nitro benzene ring substituents is 1. The molecule has 110 valence electrons. The smallest absolute Gasteiger partial charge is 0.270 e. The van der Waals surface area contributed by atoms with Crippen molar-refractivity contribution in [2.45, 2.75) is 19.5 Å². The fourth-order valence-electron chi connectivity index (χ4n) is 1.93. The van der Waals surface area contributed by atoms with E-state index in [-0.39, 0.29) is 17.5 Å². The van der Waals surface area contributed by atoms with Gasteiger partial charge in [-0.05, 0) is 36.2 Å². The number of hydrogen-bond donors (Lipinski definition) is 1. The molecule has 0 aliphatic rings. The Hall–Kier alpha value is -1.98. The lowest BCUT2D eigenvalue weighted by atomic mass is 10.1. The first-order valence-corrected chi connectivity index (χ1v) is 6.77. The first-order valence-electron chi connectivity index (χ1n) is 6.39. The van der Waals surface area contributed by atoms with Gasteiger partial charge in [0.15, 0.2) is 0 Å². The summed E-state index contributed by atoms with van der Waals surface area (Å²) in [5, 5.41) is 14.2. The van der Waals surface area contributed by atoms with Crippen molar-refractivity contribution in [2.24, 2.45) is 0 Å². The normalized spacial score (nSPS) is 12.1. The molecule has 0 heterocycles. The zero-order valence-corrected chi connectivity index (χ0v) is 12.1. The molecular weight excluding hydrogens is 295 g/mol. The van der Waals surface area contributed by atoms with Crippen molar-refractivity contribution >= 4 is 17.3 Å². The Bertz CT molecular complexity index is 647. The Labute approximate surface area is 126 Å². The zero-order valence-electron chi connectivity index (χ0n) is 11.3. The molecule has 0 amide bonds. The molecule has 0 saturated heterocycles.